The van der Waals surface area contributed by atoms with E-state index in [9.17, 15) is 4.39 Å². The third-order valence-corrected chi connectivity index (χ3v) is 4.85. The van der Waals surface area contributed by atoms with Crippen LogP contribution < -0.4 is 0 Å². The average molecular weight is 327 g/mol. The quantitative estimate of drug-likeness (QED) is 0.773. The van der Waals surface area contributed by atoms with Gasteiger partial charge in [-0.25, -0.2) is 4.39 Å². The van der Waals surface area contributed by atoms with Gasteiger partial charge in [0.05, 0.1) is 0 Å². The molecule has 24 heavy (non-hydrogen) atoms. The predicted octanol–water partition coefficient (Wildman–Crippen LogP) is 3.71. The lowest BCUT2D eigenvalue weighted by Crippen LogP contribution is -2.39. The molecule has 0 amide bonds. The van der Waals surface area contributed by atoms with Crippen LogP contribution >= 0.6 is 0 Å². The molecule has 4 heteroatoms. The van der Waals surface area contributed by atoms with Crippen molar-refractivity contribution in [2.24, 2.45) is 0 Å². The fourth-order valence-corrected chi connectivity index (χ4v) is 3.62. The zero-order valence-electron chi connectivity index (χ0n) is 14.4. The van der Waals surface area contributed by atoms with E-state index in [2.05, 4.69) is 27.8 Å². The molecule has 1 saturated heterocycles. The second-order valence-corrected chi connectivity index (χ2v) is 6.55. The molecule has 0 radical (unpaired) electrons. The lowest BCUT2D eigenvalue weighted by molar-refractivity contribution is 0.164. The van der Waals surface area contributed by atoms with Crippen molar-refractivity contribution in [3.63, 3.8) is 0 Å². The fraction of sp³-hybridized carbons (Fsp3) is 0.450. The first-order valence-electron chi connectivity index (χ1n) is 8.85. The highest BCUT2D eigenvalue weighted by atomic mass is 19.1. The largest absolute Gasteiger partial charge is 0.299 e. The second kappa shape index (κ2) is 8.36. The van der Waals surface area contributed by atoms with Crippen molar-refractivity contribution in [3.8, 4) is 0 Å². The molecule has 0 N–H and O–H groups in total. The molecule has 2 aromatic rings. The number of pyridine rings is 1. The Bertz CT molecular complexity index is 632. The van der Waals surface area contributed by atoms with Gasteiger partial charge in [0, 0.05) is 43.6 Å². The van der Waals surface area contributed by atoms with Gasteiger partial charge in [0.15, 0.2) is 0 Å². The van der Waals surface area contributed by atoms with Crippen molar-refractivity contribution >= 4 is 0 Å². The van der Waals surface area contributed by atoms with Gasteiger partial charge in [-0.3, -0.25) is 14.8 Å². The Kier molecular flexibility index (Phi) is 5.94. The van der Waals surface area contributed by atoms with Crippen LogP contribution in [-0.2, 0) is 13.1 Å². The Hall–Kier alpha value is -1.78. The van der Waals surface area contributed by atoms with Crippen molar-refractivity contribution in [2.45, 2.75) is 38.9 Å². The number of likely N-dealkylation sites (N-methyl/N-ethyl adjacent to an activating group) is 1. The minimum Gasteiger partial charge on any atom is -0.299 e. The van der Waals surface area contributed by atoms with Crippen LogP contribution in [0.3, 0.4) is 0 Å². The monoisotopic (exact) mass is 327 g/mol. The Morgan fingerprint density at radius 3 is 2.83 bits per heavy atom. The van der Waals surface area contributed by atoms with Gasteiger partial charge >= 0.3 is 0 Å². The molecule has 128 valence electrons. The van der Waals surface area contributed by atoms with Crippen LogP contribution in [0.4, 0.5) is 4.39 Å². The van der Waals surface area contributed by atoms with E-state index in [0.29, 0.717) is 12.6 Å². The summed E-state index contributed by atoms with van der Waals surface area (Å²) in [5, 5.41) is 0. The number of hydrogen-bond donors (Lipinski definition) is 0. The Morgan fingerprint density at radius 1 is 1.21 bits per heavy atom. The van der Waals surface area contributed by atoms with Gasteiger partial charge in [0.25, 0.3) is 0 Å². The Labute approximate surface area is 144 Å². The third kappa shape index (κ3) is 4.40. The van der Waals surface area contributed by atoms with Crippen LogP contribution in [0, 0.1) is 5.82 Å². The SMILES string of the molecule is CCN1CCC[C@H]1CN(Cc1cccnc1)Cc1ccccc1F. The molecule has 1 aromatic heterocycles. The summed E-state index contributed by atoms with van der Waals surface area (Å²) in [6.07, 6.45) is 6.19. The lowest BCUT2D eigenvalue weighted by atomic mass is 10.1. The smallest absolute Gasteiger partial charge is 0.127 e. The van der Waals surface area contributed by atoms with Crippen molar-refractivity contribution in [3.05, 3.63) is 65.7 Å². The molecule has 0 bridgehead atoms. The summed E-state index contributed by atoms with van der Waals surface area (Å²) in [7, 11) is 0. The van der Waals surface area contributed by atoms with Crippen molar-refractivity contribution in [1.29, 1.82) is 0 Å². The van der Waals surface area contributed by atoms with E-state index >= 15 is 0 Å². The normalized spacial score (nSPS) is 18.4. The number of likely N-dealkylation sites (tertiary alicyclic amines) is 1. The highest BCUT2D eigenvalue weighted by Gasteiger charge is 2.25. The summed E-state index contributed by atoms with van der Waals surface area (Å²) in [6.45, 7) is 6.90. The second-order valence-electron chi connectivity index (χ2n) is 6.55. The van der Waals surface area contributed by atoms with Crippen molar-refractivity contribution < 1.29 is 4.39 Å². The topological polar surface area (TPSA) is 19.4 Å². The molecule has 3 nitrogen and oxygen atoms in total. The van der Waals surface area contributed by atoms with Gasteiger partial charge < -0.3 is 0 Å². The van der Waals surface area contributed by atoms with Gasteiger partial charge in [0.2, 0.25) is 0 Å². The maximum atomic E-state index is 14.1. The van der Waals surface area contributed by atoms with Crippen LogP contribution in [0.2, 0.25) is 0 Å². The first kappa shape index (κ1) is 17.1. The molecule has 1 aliphatic heterocycles. The first-order valence-corrected chi connectivity index (χ1v) is 8.85. The summed E-state index contributed by atoms with van der Waals surface area (Å²) in [5.41, 5.74) is 1.94. The van der Waals surface area contributed by atoms with E-state index in [4.69, 9.17) is 0 Å². The van der Waals surface area contributed by atoms with Gasteiger partial charge in [-0.05, 0) is 43.6 Å². The van der Waals surface area contributed by atoms with Crippen molar-refractivity contribution in [2.75, 3.05) is 19.6 Å². The van der Waals surface area contributed by atoms with E-state index in [1.165, 1.54) is 24.9 Å². The molecule has 2 heterocycles. The van der Waals surface area contributed by atoms with Crippen LogP contribution in [0.25, 0.3) is 0 Å². The molecule has 3 rings (SSSR count). The van der Waals surface area contributed by atoms with E-state index in [1.807, 2.05) is 24.4 Å². The molecule has 0 saturated carbocycles. The zero-order chi connectivity index (χ0) is 16.8. The van der Waals surface area contributed by atoms with Gasteiger partial charge in [-0.15, -0.1) is 0 Å². The number of aromatic nitrogens is 1. The van der Waals surface area contributed by atoms with Crippen molar-refractivity contribution in [1.82, 2.24) is 14.8 Å². The van der Waals surface area contributed by atoms with E-state index in [0.717, 1.165) is 25.2 Å². The summed E-state index contributed by atoms with van der Waals surface area (Å²) in [4.78, 5) is 9.11. The molecular weight excluding hydrogens is 301 g/mol. The molecule has 1 aromatic carbocycles. The number of rotatable bonds is 7. The molecule has 1 atom stereocenters. The standard InChI is InChI=1S/C20H26FN3/c1-2-24-12-6-9-19(24)16-23(14-17-7-5-11-22-13-17)15-18-8-3-4-10-20(18)21/h3-5,7-8,10-11,13,19H,2,6,9,12,14-16H2,1H3/t19-/m0/s1. The highest BCUT2D eigenvalue weighted by molar-refractivity contribution is 5.17. The van der Waals surface area contributed by atoms with Gasteiger partial charge in [-0.2, -0.15) is 0 Å². The predicted molar refractivity (Wildman–Crippen MR) is 95.0 cm³/mol. The summed E-state index contributed by atoms with van der Waals surface area (Å²) in [6, 6.07) is 11.7. The van der Waals surface area contributed by atoms with Gasteiger partial charge in [-0.1, -0.05) is 31.2 Å². The molecule has 1 aliphatic rings. The Morgan fingerprint density at radius 2 is 2.08 bits per heavy atom. The summed E-state index contributed by atoms with van der Waals surface area (Å²) in [5.74, 6) is -0.118. The number of benzene rings is 1. The van der Waals surface area contributed by atoms with E-state index in [1.54, 1.807) is 18.3 Å². The first-order chi connectivity index (χ1) is 11.8. The molecule has 1 fully saturated rings. The zero-order valence-corrected chi connectivity index (χ0v) is 14.4. The fourth-order valence-electron chi connectivity index (χ4n) is 3.62. The van der Waals surface area contributed by atoms with Gasteiger partial charge in [0.1, 0.15) is 5.82 Å². The molecule has 0 unspecified atom stereocenters. The van der Waals surface area contributed by atoms with E-state index in [-0.39, 0.29) is 5.82 Å². The maximum Gasteiger partial charge on any atom is 0.127 e. The average Bonchev–Trinajstić information content (AvgIpc) is 3.05. The number of halogens is 1. The van der Waals surface area contributed by atoms with Crippen LogP contribution in [-0.4, -0.2) is 40.5 Å². The van der Waals surface area contributed by atoms with Crippen LogP contribution in [0.1, 0.15) is 30.9 Å². The lowest BCUT2D eigenvalue weighted by Gasteiger charge is -2.30. The third-order valence-electron chi connectivity index (χ3n) is 4.85. The van der Waals surface area contributed by atoms with Crippen LogP contribution in [0.5, 0.6) is 0 Å². The molecule has 0 spiro atoms. The highest BCUT2D eigenvalue weighted by Crippen LogP contribution is 2.20. The summed E-state index contributed by atoms with van der Waals surface area (Å²) >= 11 is 0. The molecule has 0 aliphatic carbocycles. The summed E-state index contributed by atoms with van der Waals surface area (Å²) < 4.78 is 14.1. The Balaban J connectivity index is 1.74. The minimum atomic E-state index is -0.118. The van der Waals surface area contributed by atoms with Crippen LogP contribution in [0.15, 0.2) is 48.8 Å². The maximum absolute atomic E-state index is 14.1. The molecular formula is C20H26FN3. The number of hydrogen-bond acceptors (Lipinski definition) is 3. The minimum absolute atomic E-state index is 0.118. The van der Waals surface area contributed by atoms with E-state index < -0.39 is 0 Å². The number of nitrogens with zero attached hydrogens (tertiary/aromatic N) is 3.